The van der Waals surface area contributed by atoms with Crippen molar-refractivity contribution in [3.63, 3.8) is 0 Å². The second-order valence-corrected chi connectivity index (χ2v) is 5.32. The van der Waals surface area contributed by atoms with Crippen LogP contribution in [0.25, 0.3) is 0 Å². The molecular formula is C15H21NO. The van der Waals surface area contributed by atoms with Gasteiger partial charge in [0.15, 0.2) is 0 Å². The number of hydrogen-bond acceptors (Lipinski definition) is 2. The van der Waals surface area contributed by atoms with E-state index in [0.717, 1.165) is 11.8 Å². The molecule has 0 aliphatic carbocycles. The van der Waals surface area contributed by atoms with Crippen molar-refractivity contribution in [3.05, 3.63) is 29.8 Å². The summed E-state index contributed by atoms with van der Waals surface area (Å²) in [5.74, 6) is 1.74. The first-order chi connectivity index (χ1) is 8.38. The number of ether oxygens (including phenoxy) is 1. The molecule has 1 aromatic rings. The van der Waals surface area contributed by atoms with E-state index in [1.807, 2.05) is 0 Å². The summed E-state index contributed by atoms with van der Waals surface area (Å²) in [5.41, 5.74) is 1.41. The Balaban J connectivity index is 1.81. The first-order valence-corrected chi connectivity index (χ1v) is 6.75. The molecule has 17 heavy (non-hydrogen) atoms. The molecule has 0 aromatic heterocycles. The van der Waals surface area contributed by atoms with Crippen LogP contribution in [0.3, 0.4) is 0 Å². The Bertz CT molecular complexity index is 376. The summed E-state index contributed by atoms with van der Waals surface area (Å²) in [6, 6.07) is 9.35. The minimum Gasteiger partial charge on any atom is -0.496 e. The Kier molecular flexibility index (Phi) is 3.06. The lowest BCUT2D eigenvalue weighted by Crippen LogP contribution is -2.33. The summed E-state index contributed by atoms with van der Waals surface area (Å²) in [5, 5.41) is 0. The largest absolute Gasteiger partial charge is 0.496 e. The van der Waals surface area contributed by atoms with E-state index in [4.69, 9.17) is 4.74 Å². The minimum absolute atomic E-state index is 0.675. The van der Waals surface area contributed by atoms with Crippen molar-refractivity contribution in [2.75, 3.05) is 20.2 Å². The summed E-state index contributed by atoms with van der Waals surface area (Å²) < 4.78 is 5.49. The lowest BCUT2D eigenvalue weighted by molar-refractivity contribution is 0.197. The molecule has 2 heteroatoms. The van der Waals surface area contributed by atoms with E-state index in [2.05, 4.69) is 29.2 Å². The summed E-state index contributed by atoms with van der Waals surface area (Å²) in [4.78, 5) is 2.68. The predicted octanol–water partition coefficient (Wildman–Crippen LogP) is 3.04. The van der Waals surface area contributed by atoms with E-state index < -0.39 is 0 Å². The fourth-order valence-corrected chi connectivity index (χ4v) is 3.48. The van der Waals surface area contributed by atoms with Gasteiger partial charge in [0.2, 0.25) is 0 Å². The normalized spacial score (nSPS) is 29.0. The van der Waals surface area contributed by atoms with Crippen LogP contribution in [0.4, 0.5) is 0 Å². The molecule has 2 aliphatic rings. The first kappa shape index (κ1) is 11.1. The monoisotopic (exact) mass is 231 g/mol. The lowest BCUT2D eigenvalue weighted by Gasteiger charge is -2.28. The molecule has 2 aliphatic heterocycles. The van der Waals surface area contributed by atoms with Gasteiger partial charge in [0.1, 0.15) is 5.75 Å². The Morgan fingerprint density at radius 2 is 2.12 bits per heavy atom. The molecule has 2 heterocycles. The van der Waals surface area contributed by atoms with Crippen molar-refractivity contribution >= 4 is 0 Å². The Morgan fingerprint density at radius 3 is 2.94 bits per heavy atom. The van der Waals surface area contributed by atoms with Crippen LogP contribution >= 0.6 is 0 Å². The third kappa shape index (κ3) is 2.06. The van der Waals surface area contributed by atoms with E-state index >= 15 is 0 Å². The van der Waals surface area contributed by atoms with Gasteiger partial charge in [-0.15, -0.1) is 0 Å². The fraction of sp³-hybridized carbons (Fsp3) is 0.600. The number of rotatable bonds is 2. The summed E-state index contributed by atoms with van der Waals surface area (Å²) in [7, 11) is 1.78. The summed E-state index contributed by atoms with van der Waals surface area (Å²) >= 11 is 0. The van der Waals surface area contributed by atoms with E-state index in [1.54, 1.807) is 7.11 Å². The van der Waals surface area contributed by atoms with E-state index in [-0.39, 0.29) is 0 Å². The standard InChI is InChI=1S/C15H21NO/c1-17-15-8-3-2-7-14(15)12-10-13-6-4-5-9-16(13)11-12/h2-3,7-8,12-13H,4-6,9-11H2,1H3/t12-,13-/m0/s1. The molecule has 92 valence electrons. The highest BCUT2D eigenvalue weighted by Gasteiger charge is 2.35. The zero-order valence-corrected chi connectivity index (χ0v) is 10.6. The van der Waals surface area contributed by atoms with Gasteiger partial charge < -0.3 is 4.74 Å². The van der Waals surface area contributed by atoms with E-state index in [9.17, 15) is 0 Å². The Morgan fingerprint density at radius 1 is 1.24 bits per heavy atom. The molecule has 0 N–H and O–H groups in total. The van der Waals surface area contributed by atoms with Crippen LogP contribution in [0, 0.1) is 0 Å². The molecule has 2 nitrogen and oxygen atoms in total. The van der Waals surface area contributed by atoms with Crippen LogP contribution in [0.15, 0.2) is 24.3 Å². The summed E-state index contributed by atoms with van der Waals surface area (Å²) in [6.07, 6.45) is 5.51. The van der Waals surface area contributed by atoms with Gasteiger partial charge >= 0.3 is 0 Å². The lowest BCUT2D eigenvalue weighted by atomic mass is 9.93. The second-order valence-electron chi connectivity index (χ2n) is 5.32. The van der Waals surface area contributed by atoms with Crippen LogP contribution < -0.4 is 4.74 Å². The fourth-order valence-electron chi connectivity index (χ4n) is 3.48. The Hall–Kier alpha value is -1.02. The van der Waals surface area contributed by atoms with Gasteiger partial charge in [0, 0.05) is 18.5 Å². The molecule has 2 atom stereocenters. The van der Waals surface area contributed by atoms with Crippen molar-refractivity contribution in [2.24, 2.45) is 0 Å². The molecule has 0 saturated carbocycles. The zero-order chi connectivity index (χ0) is 11.7. The highest BCUT2D eigenvalue weighted by molar-refractivity contribution is 5.37. The first-order valence-electron chi connectivity index (χ1n) is 6.75. The number of piperidine rings is 1. The van der Waals surface area contributed by atoms with E-state index in [0.29, 0.717) is 5.92 Å². The van der Waals surface area contributed by atoms with Gasteiger partial charge in [-0.05, 0) is 37.4 Å². The van der Waals surface area contributed by atoms with Crippen molar-refractivity contribution in [1.82, 2.24) is 4.90 Å². The molecule has 0 amide bonds. The third-order valence-electron chi connectivity index (χ3n) is 4.34. The average Bonchev–Trinajstić information content (AvgIpc) is 2.82. The number of hydrogen-bond donors (Lipinski definition) is 0. The van der Waals surface area contributed by atoms with Gasteiger partial charge in [-0.2, -0.15) is 0 Å². The smallest absolute Gasteiger partial charge is 0.122 e. The topological polar surface area (TPSA) is 12.5 Å². The van der Waals surface area contributed by atoms with Crippen LogP contribution in [0.5, 0.6) is 5.75 Å². The van der Waals surface area contributed by atoms with Crippen molar-refractivity contribution < 1.29 is 4.74 Å². The van der Waals surface area contributed by atoms with Crippen LogP contribution in [0.1, 0.15) is 37.2 Å². The number of methoxy groups -OCH3 is 1. The molecule has 2 fully saturated rings. The van der Waals surface area contributed by atoms with Gasteiger partial charge in [0.25, 0.3) is 0 Å². The van der Waals surface area contributed by atoms with Crippen LogP contribution in [0.2, 0.25) is 0 Å². The van der Waals surface area contributed by atoms with Gasteiger partial charge in [-0.1, -0.05) is 24.6 Å². The molecular weight excluding hydrogens is 210 g/mol. The number of nitrogens with zero attached hydrogens (tertiary/aromatic N) is 1. The highest BCUT2D eigenvalue weighted by atomic mass is 16.5. The van der Waals surface area contributed by atoms with Crippen LogP contribution in [-0.4, -0.2) is 31.1 Å². The molecule has 3 rings (SSSR count). The zero-order valence-electron chi connectivity index (χ0n) is 10.6. The van der Waals surface area contributed by atoms with E-state index in [1.165, 1.54) is 44.3 Å². The molecule has 0 radical (unpaired) electrons. The molecule has 0 bridgehead atoms. The van der Waals surface area contributed by atoms with Gasteiger partial charge in [-0.3, -0.25) is 4.90 Å². The van der Waals surface area contributed by atoms with Crippen molar-refractivity contribution in [1.29, 1.82) is 0 Å². The molecule has 2 saturated heterocycles. The van der Waals surface area contributed by atoms with Crippen LogP contribution in [-0.2, 0) is 0 Å². The maximum atomic E-state index is 5.49. The summed E-state index contributed by atoms with van der Waals surface area (Å²) in [6.45, 7) is 2.53. The molecule has 0 spiro atoms. The number of benzene rings is 1. The minimum atomic E-state index is 0.675. The van der Waals surface area contributed by atoms with Crippen molar-refractivity contribution in [3.8, 4) is 5.75 Å². The highest BCUT2D eigenvalue weighted by Crippen LogP contribution is 2.39. The van der Waals surface area contributed by atoms with Crippen molar-refractivity contribution in [2.45, 2.75) is 37.6 Å². The number of fused-ring (bicyclic) bond motifs is 1. The SMILES string of the molecule is COc1ccccc1[C@H]1C[C@@H]2CCCCN2C1. The molecule has 1 aromatic carbocycles. The maximum absolute atomic E-state index is 5.49. The Labute approximate surface area is 104 Å². The third-order valence-corrected chi connectivity index (χ3v) is 4.34. The molecule has 0 unspecified atom stereocenters. The number of para-hydroxylation sites is 1. The average molecular weight is 231 g/mol. The predicted molar refractivity (Wildman–Crippen MR) is 69.6 cm³/mol. The quantitative estimate of drug-likeness (QED) is 0.775. The van der Waals surface area contributed by atoms with Gasteiger partial charge in [-0.25, -0.2) is 0 Å². The van der Waals surface area contributed by atoms with Gasteiger partial charge in [0.05, 0.1) is 7.11 Å². The maximum Gasteiger partial charge on any atom is 0.122 e. The second kappa shape index (κ2) is 4.69.